The van der Waals surface area contributed by atoms with E-state index < -0.39 is 23.9 Å². The lowest BCUT2D eigenvalue weighted by Gasteiger charge is -2.31. The number of halogens is 1. The molecule has 3 unspecified atom stereocenters. The predicted molar refractivity (Wildman–Crippen MR) is 118 cm³/mol. The van der Waals surface area contributed by atoms with Crippen molar-refractivity contribution in [1.29, 1.82) is 0 Å². The van der Waals surface area contributed by atoms with Gasteiger partial charge in [-0.1, -0.05) is 29.7 Å². The molecule has 3 heterocycles. The molecule has 0 amide bonds. The van der Waals surface area contributed by atoms with Gasteiger partial charge in [-0.3, -0.25) is 0 Å². The Kier molecular flexibility index (Phi) is 6.38. The van der Waals surface area contributed by atoms with E-state index in [4.69, 9.17) is 26.2 Å². The third-order valence-corrected chi connectivity index (χ3v) is 5.50. The van der Waals surface area contributed by atoms with E-state index in [9.17, 15) is 10.2 Å². The zero-order valence-corrected chi connectivity index (χ0v) is 18.4. The highest BCUT2D eigenvalue weighted by Gasteiger charge is 2.31. The number of pyridine rings is 1. The summed E-state index contributed by atoms with van der Waals surface area (Å²) in [5.41, 5.74) is 2.02. The molecule has 1 aliphatic rings. The number of H-pyrrole nitrogens is 1. The van der Waals surface area contributed by atoms with Crippen LogP contribution in [0.5, 0.6) is 6.01 Å². The number of ether oxygens (including phenoxy) is 2. The molecule has 4 rings (SSSR count). The highest BCUT2D eigenvalue weighted by molar-refractivity contribution is 6.32. The number of nitrogens with zero attached hydrogens (tertiary/aromatic N) is 2. The second-order valence-corrected chi connectivity index (χ2v) is 8.62. The van der Waals surface area contributed by atoms with Crippen molar-refractivity contribution < 1.29 is 24.8 Å². The lowest BCUT2D eigenvalue weighted by Crippen LogP contribution is -2.45. The number of fused-ring (bicyclic) bond motifs is 1. The van der Waals surface area contributed by atoms with Gasteiger partial charge in [0.2, 0.25) is 0 Å². The number of hydrogen-bond donors (Lipinski definition) is 4. The maximum absolute atomic E-state index is 10.1. The van der Waals surface area contributed by atoms with Crippen LogP contribution in [0, 0.1) is 11.8 Å². The molecule has 1 aromatic carbocycles. The molecule has 168 valence electrons. The standard InChI is InChI=1S/C23H24ClN3O5/c1-23(2,30)14-6-3-13(4-7-14)5-8-17-16(24)10-18-21(25-17)27-22(26-18)32-15-9-19(29)20(11-28)31-12-15/h3-4,6-7,10,15,19-20,28-30H,9,11-12H2,1-2H3,(H,25,26,27). The number of aliphatic hydroxyl groups excluding tert-OH is 2. The number of imidazole rings is 1. The molecule has 9 heteroatoms. The van der Waals surface area contributed by atoms with Crippen LogP contribution in [0.4, 0.5) is 0 Å². The van der Waals surface area contributed by atoms with Gasteiger partial charge in [0, 0.05) is 12.0 Å². The summed E-state index contributed by atoms with van der Waals surface area (Å²) in [5.74, 6) is 5.98. The first kappa shape index (κ1) is 22.5. The minimum absolute atomic E-state index is 0.233. The van der Waals surface area contributed by atoms with Crippen LogP contribution >= 0.6 is 11.6 Å². The van der Waals surface area contributed by atoms with Gasteiger partial charge >= 0.3 is 0 Å². The Hall–Kier alpha value is -2.67. The molecule has 0 spiro atoms. The topological polar surface area (TPSA) is 121 Å². The number of aromatic amines is 1. The summed E-state index contributed by atoms with van der Waals surface area (Å²) < 4.78 is 11.2. The molecule has 0 radical (unpaired) electrons. The van der Waals surface area contributed by atoms with Gasteiger partial charge in [-0.25, -0.2) is 4.98 Å². The highest BCUT2D eigenvalue weighted by atomic mass is 35.5. The Balaban J connectivity index is 1.50. The quantitative estimate of drug-likeness (QED) is 0.443. The van der Waals surface area contributed by atoms with Gasteiger partial charge in [0.1, 0.15) is 17.9 Å². The van der Waals surface area contributed by atoms with Crippen molar-refractivity contribution in [3.8, 4) is 17.9 Å². The molecule has 0 bridgehead atoms. The number of rotatable bonds is 4. The number of aliphatic hydroxyl groups is 3. The fourth-order valence-electron chi connectivity index (χ4n) is 3.38. The van der Waals surface area contributed by atoms with Crippen molar-refractivity contribution in [2.24, 2.45) is 0 Å². The maximum Gasteiger partial charge on any atom is 0.296 e. The fraction of sp³-hybridized carbons (Fsp3) is 0.391. The monoisotopic (exact) mass is 457 g/mol. The third-order valence-electron chi connectivity index (χ3n) is 5.21. The minimum atomic E-state index is -0.913. The molecule has 0 aliphatic carbocycles. The Morgan fingerprint density at radius 1 is 1.25 bits per heavy atom. The lowest BCUT2D eigenvalue weighted by atomic mass is 9.97. The van der Waals surface area contributed by atoms with Gasteiger partial charge in [0.25, 0.3) is 6.01 Å². The molecule has 8 nitrogen and oxygen atoms in total. The summed E-state index contributed by atoms with van der Waals surface area (Å²) in [6.07, 6.45) is -1.50. The molecule has 2 aromatic heterocycles. The van der Waals surface area contributed by atoms with Crippen LogP contribution < -0.4 is 4.74 Å². The van der Waals surface area contributed by atoms with E-state index in [2.05, 4.69) is 26.8 Å². The predicted octanol–water partition coefficient (Wildman–Crippen LogP) is 2.13. The van der Waals surface area contributed by atoms with Gasteiger partial charge in [-0.05, 0) is 43.5 Å². The zero-order chi connectivity index (χ0) is 22.9. The van der Waals surface area contributed by atoms with Crippen LogP contribution in [-0.4, -0.2) is 61.8 Å². The normalized spacial score (nSPS) is 21.2. The van der Waals surface area contributed by atoms with E-state index in [1.54, 1.807) is 19.9 Å². The van der Waals surface area contributed by atoms with E-state index in [1.165, 1.54) is 0 Å². The smallest absolute Gasteiger partial charge is 0.296 e. The largest absolute Gasteiger partial charge is 0.459 e. The molecule has 1 fully saturated rings. The Labute approximate surface area is 190 Å². The van der Waals surface area contributed by atoms with Crippen LogP contribution in [0.3, 0.4) is 0 Å². The molecular formula is C23H24ClN3O5. The van der Waals surface area contributed by atoms with Crippen LogP contribution in [-0.2, 0) is 10.3 Å². The summed E-state index contributed by atoms with van der Waals surface area (Å²) in [4.78, 5) is 11.8. The van der Waals surface area contributed by atoms with Crippen molar-refractivity contribution in [3.05, 3.63) is 52.2 Å². The molecule has 32 heavy (non-hydrogen) atoms. The van der Waals surface area contributed by atoms with E-state index in [1.807, 2.05) is 24.3 Å². The van der Waals surface area contributed by atoms with Gasteiger partial charge in [0.05, 0.1) is 35.5 Å². The second-order valence-electron chi connectivity index (χ2n) is 8.22. The Morgan fingerprint density at radius 3 is 2.66 bits per heavy atom. The van der Waals surface area contributed by atoms with Crippen LogP contribution in [0.1, 0.15) is 37.1 Å². The Morgan fingerprint density at radius 2 is 2.00 bits per heavy atom. The van der Waals surface area contributed by atoms with E-state index in [-0.39, 0.29) is 19.2 Å². The first-order valence-electron chi connectivity index (χ1n) is 10.2. The van der Waals surface area contributed by atoms with Gasteiger partial charge < -0.3 is 29.8 Å². The zero-order valence-electron chi connectivity index (χ0n) is 17.7. The summed E-state index contributed by atoms with van der Waals surface area (Å²) in [6, 6.07) is 9.23. The molecule has 1 aliphatic heterocycles. The van der Waals surface area contributed by atoms with Crippen LogP contribution in [0.15, 0.2) is 30.3 Å². The molecule has 3 atom stereocenters. The van der Waals surface area contributed by atoms with E-state index in [0.717, 1.165) is 11.1 Å². The minimum Gasteiger partial charge on any atom is -0.459 e. The van der Waals surface area contributed by atoms with Crippen molar-refractivity contribution in [2.75, 3.05) is 13.2 Å². The number of hydrogen-bond acceptors (Lipinski definition) is 7. The first-order valence-corrected chi connectivity index (χ1v) is 10.6. The second kappa shape index (κ2) is 9.06. The summed E-state index contributed by atoms with van der Waals surface area (Å²) in [6.45, 7) is 3.44. The summed E-state index contributed by atoms with van der Waals surface area (Å²) >= 11 is 6.34. The SMILES string of the molecule is CC(C)(O)c1ccc(C#Cc2nc3nc(OC4COC(CO)C(O)C4)[nH]c3cc2Cl)cc1. The Bertz CT molecular complexity index is 1160. The molecule has 1 saturated heterocycles. The fourth-order valence-corrected chi connectivity index (χ4v) is 3.58. The van der Waals surface area contributed by atoms with Gasteiger partial charge in [-0.2, -0.15) is 4.98 Å². The van der Waals surface area contributed by atoms with Crippen molar-refractivity contribution in [3.63, 3.8) is 0 Å². The van der Waals surface area contributed by atoms with Gasteiger partial charge in [-0.15, -0.1) is 0 Å². The molecular weight excluding hydrogens is 434 g/mol. The lowest BCUT2D eigenvalue weighted by molar-refractivity contribution is -0.131. The first-order chi connectivity index (χ1) is 15.2. The van der Waals surface area contributed by atoms with Crippen LogP contribution in [0.2, 0.25) is 5.02 Å². The number of aromatic nitrogens is 3. The van der Waals surface area contributed by atoms with E-state index in [0.29, 0.717) is 28.3 Å². The number of benzene rings is 1. The van der Waals surface area contributed by atoms with Gasteiger partial charge in [0.15, 0.2) is 5.65 Å². The van der Waals surface area contributed by atoms with E-state index >= 15 is 0 Å². The third kappa shape index (κ3) is 5.04. The summed E-state index contributed by atoms with van der Waals surface area (Å²) in [5, 5.41) is 29.6. The van der Waals surface area contributed by atoms with Crippen molar-refractivity contribution in [2.45, 2.75) is 44.2 Å². The average Bonchev–Trinajstić information content (AvgIpc) is 3.12. The summed E-state index contributed by atoms with van der Waals surface area (Å²) in [7, 11) is 0. The maximum atomic E-state index is 10.1. The molecule has 0 saturated carbocycles. The van der Waals surface area contributed by atoms with Crippen LogP contribution in [0.25, 0.3) is 11.2 Å². The highest BCUT2D eigenvalue weighted by Crippen LogP contribution is 2.24. The average molecular weight is 458 g/mol. The number of nitrogens with one attached hydrogen (secondary N) is 1. The molecule has 4 N–H and O–H groups in total. The van der Waals surface area contributed by atoms with Crippen molar-refractivity contribution in [1.82, 2.24) is 15.0 Å². The van der Waals surface area contributed by atoms with Crippen molar-refractivity contribution >= 4 is 22.8 Å². The molecule has 3 aromatic rings.